The van der Waals surface area contributed by atoms with E-state index in [-0.39, 0.29) is 12.0 Å². The normalized spacial score (nSPS) is 12.5. The van der Waals surface area contributed by atoms with Crippen LogP contribution in [0.2, 0.25) is 0 Å². The Morgan fingerprint density at radius 1 is 1.60 bits per heavy atom. The van der Waals surface area contributed by atoms with Crippen LogP contribution in [-0.4, -0.2) is 16.2 Å². The number of aromatic hydroxyl groups is 1. The lowest BCUT2D eigenvalue weighted by Crippen LogP contribution is -2.15. The van der Waals surface area contributed by atoms with Crippen molar-refractivity contribution in [1.82, 2.24) is 0 Å². The predicted molar refractivity (Wildman–Crippen MR) is 52.0 cm³/mol. The molecule has 0 aliphatic heterocycles. The van der Waals surface area contributed by atoms with Crippen molar-refractivity contribution in [3.8, 4) is 5.75 Å². The second kappa shape index (κ2) is 4.27. The summed E-state index contributed by atoms with van der Waals surface area (Å²) >= 11 is 0. The van der Waals surface area contributed by atoms with Crippen LogP contribution in [0.4, 0.5) is 4.39 Å². The van der Waals surface area contributed by atoms with Crippen molar-refractivity contribution in [1.29, 1.82) is 0 Å². The van der Waals surface area contributed by atoms with Crippen molar-refractivity contribution in [3.05, 3.63) is 29.1 Å². The molecule has 1 aromatic rings. The number of halogens is 1. The second-order valence-electron chi connectivity index (χ2n) is 3.34. The quantitative estimate of drug-likeness (QED) is 0.706. The monoisotopic (exact) mass is 213 g/mol. The number of hydrogen-bond acceptors (Lipinski definition) is 3. The molecule has 0 radical (unpaired) electrons. The standard InChI is InChI=1S/C10H12FNO3/c1-5-2-3-6(10(15)9(5)11)7(12)4-8(13)14/h2-3,7,15H,4,12H2,1H3,(H,13,14). The van der Waals surface area contributed by atoms with Crippen molar-refractivity contribution in [3.63, 3.8) is 0 Å². The predicted octanol–water partition coefficient (Wildman–Crippen LogP) is 1.31. The van der Waals surface area contributed by atoms with Gasteiger partial charge in [0.05, 0.1) is 6.42 Å². The molecule has 0 aliphatic rings. The molecule has 4 nitrogen and oxygen atoms in total. The minimum absolute atomic E-state index is 0.112. The van der Waals surface area contributed by atoms with E-state index in [2.05, 4.69) is 0 Å². The number of carboxylic acid groups (broad SMARTS) is 1. The van der Waals surface area contributed by atoms with Crippen LogP contribution in [0.5, 0.6) is 5.75 Å². The largest absolute Gasteiger partial charge is 0.505 e. The number of aliphatic carboxylic acids is 1. The van der Waals surface area contributed by atoms with Crippen molar-refractivity contribution in [2.75, 3.05) is 0 Å². The number of aryl methyl sites for hydroxylation is 1. The van der Waals surface area contributed by atoms with Crippen LogP contribution in [0.1, 0.15) is 23.6 Å². The van der Waals surface area contributed by atoms with Gasteiger partial charge in [-0.2, -0.15) is 0 Å². The minimum atomic E-state index is -1.09. The number of benzene rings is 1. The van der Waals surface area contributed by atoms with E-state index in [0.717, 1.165) is 0 Å². The van der Waals surface area contributed by atoms with Crippen molar-refractivity contribution < 1.29 is 19.4 Å². The first-order valence-corrected chi connectivity index (χ1v) is 4.38. The smallest absolute Gasteiger partial charge is 0.305 e. The first-order chi connectivity index (χ1) is 6.93. The van der Waals surface area contributed by atoms with Gasteiger partial charge in [0.15, 0.2) is 11.6 Å². The molecule has 0 saturated carbocycles. The van der Waals surface area contributed by atoms with Crippen LogP contribution in [-0.2, 0) is 4.79 Å². The SMILES string of the molecule is Cc1ccc(C(N)CC(=O)O)c(O)c1F. The molecule has 15 heavy (non-hydrogen) atoms. The van der Waals surface area contributed by atoms with Crippen molar-refractivity contribution in [2.45, 2.75) is 19.4 Å². The first kappa shape index (κ1) is 11.5. The van der Waals surface area contributed by atoms with Gasteiger partial charge in [0, 0.05) is 11.6 Å². The zero-order valence-electron chi connectivity index (χ0n) is 8.20. The Kier molecular flexibility index (Phi) is 3.26. The molecule has 1 rings (SSSR count). The Morgan fingerprint density at radius 3 is 2.73 bits per heavy atom. The van der Waals surface area contributed by atoms with Gasteiger partial charge in [0.2, 0.25) is 0 Å². The van der Waals surface area contributed by atoms with E-state index in [1.165, 1.54) is 19.1 Å². The summed E-state index contributed by atoms with van der Waals surface area (Å²) in [6, 6.07) is 1.98. The second-order valence-corrected chi connectivity index (χ2v) is 3.34. The molecule has 0 heterocycles. The first-order valence-electron chi connectivity index (χ1n) is 4.38. The Bertz CT molecular complexity index is 392. The van der Waals surface area contributed by atoms with Gasteiger partial charge in [-0.3, -0.25) is 4.79 Å². The van der Waals surface area contributed by atoms with Crippen LogP contribution in [0, 0.1) is 12.7 Å². The summed E-state index contributed by atoms with van der Waals surface area (Å²) in [4.78, 5) is 10.4. The highest BCUT2D eigenvalue weighted by Crippen LogP contribution is 2.29. The highest BCUT2D eigenvalue weighted by atomic mass is 19.1. The molecular weight excluding hydrogens is 201 g/mol. The molecule has 0 aromatic heterocycles. The Balaban J connectivity index is 3.05. The average molecular weight is 213 g/mol. The van der Waals surface area contributed by atoms with E-state index in [1.807, 2.05) is 0 Å². The number of phenols is 1. The van der Waals surface area contributed by atoms with Gasteiger partial charge in [-0.05, 0) is 12.5 Å². The maximum atomic E-state index is 13.2. The van der Waals surface area contributed by atoms with E-state index in [1.54, 1.807) is 0 Å². The van der Waals surface area contributed by atoms with Crippen LogP contribution in [0.15, 0.2) is 12.1 Å². The van der Waals surface area contributed by atoms with E-state index in [9.17, 15) is 14.3 Å². The summed E-state index contributed by atoms with van der Waals surface area (Å²) in [6.07, 6.45) is -0.351. The lowest BCUT2D eigenvalue weighted by Gasteiger charge is -2.12. The Morgan fingerprint density at radius 2 is 2.20 bits per heavy atom. The van der Waals surface area contributed by atoms with Gasteiger partial charge in [0.25, 0.3) is 0 Å². The van der Waals surface area contributed by atoms with Crippen LogP contribution >= 0.6 is 0 Å². The van der Waals surface area contributed by atoms with Crippen LogP contribution in [0.25, 0.3) is 0 Å². The molecule has 1 atom stereocenters. The topological polar surface area (TPSA) is 83.6 Å². The molecule has 1 aromatic carbocycles. The third kappa shape index (κ3) is 2.44. The number of carbonyl (C=O) groups is 1. The highest BCUT2D eigenvalue weighted by Gasteiger charge is 2.17. The zero-order valence-corrected chi connectivity index (χ0v) is 8.20. The summed E-state index contributed by atoms with van der Waals surface area (Å²) in [5, 5.41) is 17.9. The summed E-state index contributed by atoms with van der Waals surface area (Å²) in [5.74, 6) is -2.42. The van der Waals surface area contributed by atoms with E-state index in [4.69, 9.17) is 10.8 Å². The molecule has 5 heteroatoms. The van der Waals surface area contributed by atoms with Crippen LogP contribution < -0.4 is 5.73 Å². The van der Waals surface area contributed by atoms with Gasteiger partial charge in [-0.15, -0.1) is 0 Å². The number of phenolic OH excluding ortho intramolecular Hbond substituents is 1. The van der Waals surface area contributed by atoms with Gasteiger partial charge >= 0.3 is 5.97 Å². The van der Waals surface area contributed by atoms with E-state index in [0.29, 0.717) is 5.56 Å². The summed E-state index contributed by atoms with van der Waals surface area (Å²) in [5.41, 5.74) is 5.91. The maximum Gasteiger partial charge on any atom is 0.305 e. The molecule has 0 fully saturated rings. The van der Waals surface area contributed by atoms with Crippen molar-refractivity contribution in [2.24, 2.45) is 5.73 Å². The third-order valence-electron chi connectivity index (χ3n) is 2.13. The summed E-state index contributed by atoms with van der Waals surface area (Å²) in [7, 11) is 0. The van der Waals surface area contributed by atoms with E-state index < -0.39 is 23.6 Å². The maximum absolute atomic E-state index is 13.2. The molecule has 0 amide bonds. The fourth-order valence-corrected chi connectivity index (χ4v) is 1.28. The average Bonchev–Trinajstić information content (AvgIpc) is 2.13. The number of nitrogens with two attached hydrogens (primary N) is 1. The summed E-state index contributed by atoms with van der Waals surface area (Å²) < 4.78 is 13.2. The number of hydrogen-bond donors (Lipinski definition) is 3. The number of rotatable bonds is 3. The molecule has 0 spiro atoms. The van der Waals surface area contributed by atoms with Crippen LogP contribution in [0.3, 0.4) is 0 Å². The Labute approximate surface area is 86.1 Å². The highest BCUT2D eigenvalue weighted by molar-refractivity contribution is 5.68. The van der Waals surface area contributed by atoms with E-state index >= 15 is 0 Å². The van der Waals surface area contributed by atoms with Gasteiger partial charge in [0.1, 0.15) is 0 Å². The summed E-state index contributed by atoms with van der Waals surface area (Å²) in [6.45, 7) is 1.50. The lowest BCUT2D eigenvalue weighted by molar-refractivity contribution is -0.137. The molecular formula is C10H12FNO3. The molecule has 0 saturated heterocycles. The molecule has 4 N–H and O–H groups in total. The fourth-order valence-electron chi connectivity index (χ4n) is 1.28. The Hall–Kier alpha value is -1.62. The fraction of sp³-hybridized carbons (Fsp3) is 0.300. The molecule has 1 unspecified atom stereocenters. The third-order valence-corrected chi connectivity index (χ3v) is 2.13. The van der Waals surface area contributed by atoms with Gasteiger partial charge in [-0.1, -0.05) is 12.1 Å². The van der Waals surface area contributed by atoms with Gasteiger partial charge < -0.3 is 15.9 Å². The van der Waals surface area contributed by atoms with Gasteiger partial charge in [-0.25, -0.2) is 4.39 Å². The minimum Gasteiger partial charge on any atom is -0.505 e. The van der Waals surface area contributed by atoms with Crippen molar-refractivity contribution >= 4 is 5.97 Å². The molecule has 82 valence electrons. The number of carboxylic acids is 1. The molecule has 0 bridgehead atoms. The lowest BCUT2D eigenvalue weighted by atomic mass is 10.0. The molecule has 0 aliphatic carbocycles. The zero-order chi connectivity index (χ0) is 11.6.